The van der Waals surface area contributed by atoms with Gasteiger partial charge in [-0.15, -0.1) is 0 Å². The van der Waals surface area contributed by atoms with E-state index in [1.807, 2.05) is 62.0 Å². The van der Waals surface area contributed by atoms with Gasteiger partial charge in [-0.1, -0.05) is 54.6 Å². The van der Waals surface area contributed by atoms with E-state index in [2.05, 4.69) is 80.7 Å². The molecule has 2 atom stereocenters. The van der Waals surface area contributed by atoms with Gasteiger partial charge in [-0.2, -0.15) is 0 Å². The molecule has 0 saturated heterocycles. The van der Waals surface area contributed by atoms with Crippen molar-refractivity contribution in [3.63, 3.8) is 0 Å². The summed E-state index contributed by atoms with van der Waals surface area (Å²) in [7, 11) is 4.23. The van der Waals surface area contributed by atoms with E-state index in [0.717, 1.165) is 47.5 Å². The van der Waals surface area contributed by atoms with Crippen molar-refractivity contribution in [2.75, 3.05) is 14.1 Å². The van der Waals surface area contributed by atoms with Crippen LogP contribution in [0, 0.1) is 0 Å². The number of hydrogen-bond donors (Lipinski definition) is 2. The Hall–Kier alpha value is -4.99. The monoisotopic (exact) mass is 750 g/mol. The second-order valence-corrected chi connectivity index (χ2v) is 14.2. The zero-order chi connectivity index (χ0) is 36.1. The fourth-order valence-electron chi connectivity index (χ4n) is 8.38. The Bertz CT molecular complexity index is 2390. The summed E-state index contributed by atoms with van der Waals surface area (Å²) in [6.45, 7) is 0.873. The smallest absolute Gasteiger partial charge is 0.170 e. The summed E-state index contributed by atoms with van der Waals surface area (Å²) in [5, 5.41) is 5.46. The molecule has 2 unspecified atom stereocenters. The van der Waals surface area contributed by atoms with Gasteiger partial charge in [-0.25, -0.2) is 0 Å². The third-order valence-electron chi connectivity index (χ3n) is 11.0. The van der Waals surface area contributed by atoms with Crippen LogP contribution in [0.4, 0.5) is 0 Å². The van der Waals surface area contributed by atoms with Crippen LogP contribution < -0.4 is 5.32 Å². The molecule has 8 nitrogen and oxygen atoms in total. The van der Waals surface area contributed by atoms with Crippen LogP contribution in [0.1, 0.15) is 87.6 Å². The Morgan fingerprint density at radius 1 is 0.741 bits per heavy atom. The zero-order valence-electron chi connectivity index (χ0n) is 30.9. The first-order valence-electron chi connectivity index (χ1n) is 18.7. The number of aromatic amines is 1. The molecule has 0 saturated carbocycles. The molecule has 0 amide bonds. The van der Waals surface area contributed by atoms with Crippen molar-refractivity contribution in [3.8, 4) is 11.1 Å². The standard InChI is InChI=1S/C23H23N3.C12H8N2O.C10H14N2.V/c1-26(22-10-4-7-16-8-5-12-25-23(16)22)15-21-20-14-17-6-2-3-9-18(17)19(20)11-13-24-21;15-7-11-12-9(5-6-13-11)8-3-1-2-4-10(8)14-12;1-11-9-6-2-4-8-5-3-7-12-10(8)9;/h2-3,5-6,8-9,11-13,22H,4,7,10,14-15H2,1H3;1-7,14H;3,5,7,9,11H,2,4,6H2,1H3;. The average molecular weight is 751 g/mol. The molecule has 271 valence electrons. The number of nitrogens with one attached hydrogen (secondary N) is 2. The number of para-hydroxylation sites is 1. The molecular weight excluding hydrogens is 705 g/mol. The van der Waals surface area contributed by atoms with Crippen molar-refractivity contribution in [3.05, 3.63) is 155 Å². The van der Waals surface area contributed by atoms with E-state index < -0.39 is 0 Å². The molecule has 2 N–H and O–H groups in total. The van der Waals surface area contributed by atoms with Gasteiger partial charge < -0.3 is 10.3 Å². The van der Waals surface area contributed by atoms with E-state index >= 15 is 0 Å². The molecule has 0 spiro atoms. The van der Waals surface area contributed by atoms with Crippen LogP contribution in [0.3, 0.4) is 0 Å². The quantitative estimate of drug-likeness (QED) is 0.170. The number of pyridine rings is 4. The first-order chi connectivity index (χ1) is 26.1. The van der Waals surface area contributed by atoms with E-state index in [9.17, 15) is 4.79 Å². The number of aryl methyl sites for hydroxylation is 2. The van der Waals surface area contributed by atoms with Crippen molar-refractivity contribution < 1.29 is 23.4 Å². The largest absolute Gasteiger partial charge is 0.353 e. The van der Waals surface area contributed by atoms with Crippen LogP contribution in [0.5, 0.6) is 0 Å². The van der Waals surface area contributed by atoms with E-state index in [1.165, 1.54) is 82.6 Å². The molecule has 5 aromatic heterocycles. The fourth-order valence-corrected chi connectivity index (χ4v) is 8.38. The maximum absolute atomic E-state index is 10.8. The number of hydrogen-bond acceptors (Lipinski definition) is 7. The molecule has 2 aromatic carbocycles. The summed E-state index contributed by atoms with van der Waals surface area (Å²) in [5.74, 6) is 0. The van der Waals surface area contributed by atoms with Crippen molar-refractivity contribution >= 4 is 28.1 Å². The van der Waals surface area contributed by atoms with Crippen molar-refractivity contribution in [2.24, 2.45) is 0 Å². The number of nitrogens with zero attached hydrogens (tertiary/aromatic N) is 5. The summed E-state index contributed by atoms with van der Waals surface area (Å²) in [6, 6.07) is 30.2. The summed E-state index contributed by atoms with van der Waals surface area (Å²) in [4.78, 5) is 34.4. The number of benzene rings is 2. The molecule has 5 heterocycles. The first-order valence-corrected chi connectivity index (χ1v) is 18.7. The van der Waals surface area contributed by atoms with Gasteiger partial charge in [-0.3, -0.25) is 29.6 Å². The zero-order valence-corrected chi connectivity index (χ0v) is 32.3. The van der Waals surface area contributed by atoms with Crippen LogP contribution in [-0.2, 0) is 44.4 Å². The topological polar surface area (TPSA) is 99.7 Å². The maximum Gasteiger partial charge on any atom is 0.170 e. The molecule has 9 heteroatoms. The van der Waals surface area contributed by atoms with Gasteiger partial charge in [0.25, 0.3) is 0 Å². The Morgan fingerprint density at radius 3 is 2.26 bits per heavy atom. The van der Waals surface area contributed by atoms with Gasteiger partial charge in [-0.05, 0) is 116 Å². The predicted molar refractivity (Wildman–Crippen MR) is 212 cm³/mol. The molecule has 54 heavy (non-hydrogen) atoms. The Balaban J connectivity index is 0.000000136. The van der Waals surface area contributed by atoms with E-state index in [1.54, 1.807) is 6.20 Å². The summed E-state index contributed by atoms with van der Waals surface area (Å²) in [5.41, 5.74) is 14.4. The number of aromatic nitrogens is 5. The molecule has 3 aliphatic carbocycles. The predicted octanol–water partition coefficient (Wildman–Crippen LogP) is 8.76. The molecule has 0 aliphatic heterocycles. The molecule has 3 aliphatic rings. The second-order valence-electron chi connectivity index (χ2n) is 14.2. The molecule has 0 bridgehead atoms. The third kappa shape index (κ3) is 7.53. The molecule has 0 fully saturated rings. The number of carbonyl (C=O) groups is 1. The normalized spacial score (nSPS) is 16.4. The van der Waals surface area contributed by atoms with Gasteiger partial charge in [0.2, 0.25) is 0 Å². The van der Waals surface area contributed by atoms with Gasteiger partial charge in [0.15, 0.2) is 6.29 Å². The number of H-pyrrole nitrogens is 1. The molecular formula is C45H45N7OV. The van der Waals surface area contributed by atoms with E-state index in [0.29, 0.717) is 17.8 Å². The minimum absolute atomic E-state index is 0. The van der Waals surface area contributed by atoms with Crippen LogP contribution in [-0.4, -0.2) is 50.2 Å². The minimum Gasteiger partial charge on any atom is -0.353 e. The van der Waals surface area contributed by atoms with Crippen molar-refractivity contribution in [1.82, 2.24) is 35.1 Å². The minimum atomic E-state index is 0. The summed E-state index contributed by atoms with van der Waals surface area (Å²) >= 11 is 0. The van der Waals surface area contributed by atoms with Crippen LogP contribution in [0.2, 0.25) is 0 Å². The summed E-state index contributed by atoms with van der Waals surface area (Å²) < 4.78 is 0. The number of carbonyl (C=O) groups excluding carboxylic acids is 1. The SMILES string of the molecule is CN(Cc1nccc2c1Cc1ccccc1-2)C1CCCc2cccnc21.CNC1CCCc2cccnc21.O=Cc1nccc2c1[nH]c1ccccc12.[V]. The Labute approximate surface area is 328 Å². The van der Waals surface area contributed by atoms with Gasteiger partial charge >= 0.3 is 0 Å². The van der Waals surface area contributed by atoms with Gasteiger partial charge in [0, 0.05) is 78.6 Å². The van der Waals surface area contributed by atoms with Gasteiger partial charge in [0.05, 0.1) is 28.6 Å². The number of fused-ring (bicyclic) bond motifs is 8. The average Bonchev–Trinajstić information content (AvgIpc) is 3.80. The number of rotatable bonds is 5. The molecule has 7 aromatic rings. The fraction of sp³-hybridized carbons (Fsp3) is 0.267. The maximum atomic E-state index is 10.8. The second kappa shape index (κ2) is 17.0. The third-order valence-corrected chi connectivity index (χ3v) is 11.0. The van der Waals surface area contributed by atoms with Crippen LogP contribution >= 0.6 is 0 Å². The molecule has 10 rings (SSSR count). The molecule has 1 radical (unpaired) electrons. The van der Waals surface area contributed by atoms with Crippen molar-refractivity contribution in [2.45, 2.75) is 63.6 Å². The summed E-state index contributed by atoms with van der Waals surface area (Å²) in [6.07, 6.45) is 16.5. The van der Waals surface area contributed by atoms with Gasteiger partial charge in [0.1, 0.15) is 5.69 Å². The van der Waals surface area contributed by atoms with Crippen LogP contribution in [0.15, 0.2) is 110 Å². The number of aldehydes is 1. The first kappa shape index (κ1) is 37.3. The van der Waals surface area contributed by atoms with E-state index in [-0.39, 0.29) is 18.6 Å². The van der Waals surface area contributed by atoms with E-state index in [4.69, 9.17) is 9.97 Å². The van der Waals surface area contributed by atoms with Crippen LogP contribution in [0.25, 0.3) is 32.9 Å². The van der Waals surface area contributed by atoms with Crippen molar-refractivity contribution in [1.29, 1.82) is 0 Å². The Morgan fingerprint density at radius 2 is 1.44 bits per heavy atom. The Kier molecular flexibility index (Phi) is 11.8.